The topological polar surface area (TPSA) is 99.0 Å². The van der Waals surface area contributed by atoms with Gasteiger partial charge in [-0.15, -0.1) is 11.3 Å². The van der Waals surface area contributed by atoms with E-state index in [1.54, 1.807) is 41.6 Å². The van der Waals surface area contributed by atoms with Crippen LogP contribution in [0.4, 0.5) is 5.13 Å². The highest BCUT2D eigenvalue weighted by atomic mass is 32.1. The summed E-state index contributed by atoms with van der Waals surface area (Å²) in [5.74, 6) is -0.469. The van der Waals surface area contributed by atoms with Gasteiger partial charge in [-0.05, 0) is 60.0 Å². The van der Waals surface area contributed by atoms with Gasteiger partial charge in [-0.1, -0.05) is 18.2 Å². The number of likely N-dealkylation sites (tertiary alicyclic amines) is 1. The molecule has 8 heteroatoms. The Morgan fingerprint density at radius 2 is 1.79 bits per heavy atom. The van der Waals surface area contributed by atoms with Crippen molar-refractivity contribution in [2.45, 2.75) is 12.5 Å². The lowest BCUT2D eigenvalue weighted by Gasteiger charge is -2.39. The SMILES string of the molecule is N#Cc1ccc(C(=O)N2CCC2C(=O)Nc2nc(-c3cccc(-c4ccncc4)c3)cs2)cc1. The summed E-state index contributed by atoms with van der Waals surface area (Å²) >= 11 is 1.35. The fourth-order valence-electron chi connectivity index (χ4n) is 3.81. The first-order chi connectivity index (χ1) is 16.6. The summed E-state index contributed by atoms with van der Waals surface area (Å²) in [5, 5.41) is 14.2. The number of anilines is 1. The molecule has 1 aliphatic heterocycles. The molecular weight excluding hydrogens is 446 g/mol. The highest BCUT2D eigenvalue weighted by Gasteiger charge is 2.38. The van der Waals surface area contributed by atoms with Crippen LogP contribution in [0.25, 0.3) is 22.4 Å². The first-order valence-corrected chi connectivity index (χ1v) is 11.6. The van der Waals surface area contributed by atoms with Crippen molar-refractivity contribution >= 4 is 28.3 Å². The second kappa shape index (κ2) is 9.25. The second-order valence-corrected chi connectivity index (χ2v) is 8.69. The molecule has 1 atom stereocenters. The zero-order valence-corrected chi connectivity index (χ0v) is 18.8. The third-order valence-corrected chi connectivity index (χ3v) is 6.51. The van der Waals surface area contributed by atoms with E-state index in [1.165, 1.54) is 11.3 Å². The average Bonchev–Trinajstić information content (AvgIpc) is 3.32. The monoisotopic (exact) mass is 465 g/mol. The molecule has 0 spiro atoms. The first-order valence-electron chi connectivity index (χ1n) is 10.7. The Bertz CT molecular complexity index is 1390. The van der Waals surface area contributed by atoms with Gasteiger partial charge in [-0.25, -0.2) is 4.98 Å². The van der Waals surface area contributed by atoms with Crippen molar-refractivity contribution in [1.82, 2.24) is 14.9 Å². The number of benzene rings is 2. The largest absolute Gasteiger partial charge is 0.326 e. The number of nitrogens with zero attached hydrogens (tertiary/aromatic N) is 4. The van der Waals surface area contributed by atoms with Crippen LogP contribution >= 0.6 is 11.3 Å². The van der Waals surface area contributed by atoms with Crippen molar-refractivity contribution in [2.24, 2.45) is 0 Å². The molecule has 1 aliphatic rings. The van der Waals surface area contributed by atoms with Gasteiger partial charge in [0.15, 0.2) is 5.13 Å². The van der Waals surface area contributed by atoms with Gasteiger partial charge < -0.3 is 10.2 Å². The number of aromatic nitrogens is 2. The van der Waals surface area contributed by atoms with Gasteiger partial charge in [0.2, 0.25) is 5.91 Å². The standard InChI is InChI=1S/C26H19N5O2S/c27-15-17-4-6-19(7-5-17)25(33)31-13-10-23(31)24(32)30-26-29-22(16-34-26)21-3-1-2-20(14-21)18-8-11-28-12-9-18/h1-9,11-12,14,16,23H,10,13H2,(H,29,30,32). The highest BCUT2D eigenvalue weighted by Crippen LogP contribution is 2.29. The number of amides is 2. The van der Waals surface area contributed by atoms with Gasteiger partial charge in [0.25, 0.3) is 5.91 Å². The molecular formula is C26H19N5O2S. The van der Waals surface area contributed by atoms with Crippen LogP contribution in [-0.4, -0.2) is 39.3 Å². The molecule has 7 nitrogen and oxygen atoms in total. The molecule has 5 rings (SSSR count). The van der Waals surface area contributed by atoms with Crippen LogP contribution in [0.2, 0.25) is 0 Å². The molecule has 1 fully saturated rings. The number of carbonyl (C=O) groups excluding carboxylic acids is 2. The zero-order chi connectivity index (χ0) is 23.5. The van der Waals surface area contributed by atoms with Crippen LogP contribution in [-0.2, 0) is 4.79 Å². The third kappa shape index (κ3) is 4.29. The normalized spacial score (nSPS) is 14.7. The minimum Gasteiger partial charge on any atom is -0.326 e. The molecule has 3 heterocycles. The van der Waals surface area contributed by atoms with Gasteiger partial charge in [0, 0.05) is 35.4 Å². The van der Waals surface area contributed by atoms with E-state index < -0.39 is 6.04 Å². The lowest BCUT2D eigenvalue weighted by molar-refractivity contribution is -0.123. The lowest BCUT2D eigenvalue weighted by atomic mass is 10.00. The number of carbonyl (C=O) groups is 2. The van der Waals surface area contributed by atoms with Crippen molar-refractivity contribution in [3.05, 3.63) is 89.6 Å². The van der Waals surface area contributed by atoms with Gasteiger partial charge in [-0.3, -0.25) is 14.6 Å². The van der Waals surface area contributed by atoms with E-state index in [0.717, 1.165) is 22.4 Å². The van der Waals surface area contributed by atoms with E-state index >= 15 is 0 Å². The molecule has 1 saturated heterocycles. The summed E-state index contributed by atoms with van der Waals surface area (Å²) in [6.07, 6.45) is 4.11. The third-order valence-electron chi connectivity index (χ3n) is 5.75. The zero-order valence-electron chi connectivity index (χ0n) is 18.0. The Morgan fingerprint density at radius 1 is 1.03 bits per heavy atom. The van der Waals surface area contributed by atoms with E-state index in [-0.39, 0.29) is 11.8 Å². The van der Waals surface area contributed by atoms with Crippen LogP contribution in [0, 0.1) is 11.3 Å². The maximum atomic E-state index is 12.8. The Labute approximate surface area is 200 Å². The summed E-state index contributed by atoms with van der Waals surface area (Å²) in [5.41, 5.74) is 4.80. The summed E-state index contributed by atoms with van der Waals surface area (Å²) in [7, 11) is 0. The Hall–Kier alpha value is -4.35. The van der Waals surface area contributed by atoms with Gasteiger partial charge >= 0.3 is 0 Å². The molecule has 4 aromatic rings. The minimum absolute atomic E-state index is 0.219. The predicted octanol–water partition coefficient (Wildman–Crippen LogP) is 4.60. The molecule has 2 aromatic carbocycles. The number of hydrogen-bond donors (Lipinski definition) is 1. The van der Waals surface area contributed by atoms with Gasteiger partial charge in [0.1, 0.15) is 6.04 Å². The number of pyridine rings is 1. The fraction of sp³-hybridized carbons (Fsp3) is 0.115. The molecule has 2 amide bonds. The molecule has 0 bridgehead atoms. The van der Waals surface area contributed by atoms with Crippen LogP contribution in [0.1, 0.15) is 22.3 Å². The van der Waals surface area contributed by atoms with E-state index in [1.807, 2.05) is 41.8 Å². The lowest BCUT2D eigenvalue weighted by Crippen LogP contribution is -2.56. The maximum absolute atomic E-state index is 12.8. The summed E-state index contributed by atoms with van der Waals surface area (Å²) in [6.45, 7) is 0.516. The second-order valence-electron chi connectivity index (χ2n) is 7.84. The molecule has 1 N–H and O–H groups in total. The molecule has 34 heavy (non-hydrogen) atoms. The maximum Gasteiger partial charge on any atom is 0.254 e. The predicted molar refractivity (Wildman–Crippen MR) is 130 cm³/mol. The molecule has 0 radical (unpaired) electrons. The van der Waals surface area contributed by atoms with Crippen LogP contribution < -0.4 is 5.32 Å². The van der Waals surface area contributed by atoms with Gasteiger partial charge in [-0.2, -0.15) is 5.26 Å². The summed E-state index contributed by atoms with van der Waals surface area (Å²) in [6, 6.07) is 19.9. The van der Waals surface area contributed by atoms with Crippen LogP contribution in [0.3, 0.4) is 0 Å². The Balaban J connectivity index is 1.26. The first kappa shape index (κ1) is 21.5. The highest BCUT2D eigenvalue weighted by molar-refractivity contribution is 7.14. The van der Waals surface area contributed by atoms with Crippen LogP contribution in [0.5, 0.6) is 0 Å². The molecule has 2 aromatic heterocycles. The number of hydrogen-bond acceptors (Lipinski definition) is 6. The van der Waals surface area contributed by atoms with Crippen molar-refractivity contribution in [1.29, 1.82) is 5.26 Å². The number of nitrogens with one attached hydrogen (secondary N) is 1. The van der Waals surface area contributed by atoms with Crippen molar-refractivity contribution < 1.29 is 9.59 Å². The quantitative estimate of drug-likeness (QED) is 0.465. The van der Waals surface area contributed by atoms with E-state index in [9.17, 15) is 9.59 Å². The minimum atomic E-state index is -0.537. The summed E-state index contributed by atoms with van der Waals surface area (Å²) in [4.78, 5) is 35.8. The van der Waals surface area contributed by atoms with E-state index in [4.69, 9.17) is 5.26 Å². The molecule has 1 unspecified atom stereocenters. The molecule has 0 saturated carbocycles. The fourth-order valence-corrected chi connectivity index (χ4v) is 4.53. The van der Waals surface area contributed by atoms with Crippen molar-refractivity contribution in [3.63, 3.8) is 0 Å². The van der Waals surface area contributed by atoms with Crippen LogP contribution in [0.15, 0.2) is 78.4 Å². The van der Waals surface area contributed by atoms with E-state index in [2.05, 4.69) is 21.4 Å². The van der Waals surface area contributed by atoms with Crippen molar-refractivity contribution in [2.75, 3.05) is 11.9 Å². The van der Waals surface area contributed by atoms with Gasteiger partial charge in [0.05, 0.1) is 17.3 Å². The number of nitriles is 1. The number of thiazole rings is 1. The smallest absolute Gasteiger partial charge is 0.254 e. The summed E-state index contributed by atoms with van der Waals surface area (Å²) < 4.78 is 0. The Morgan fingerprint density at radius 3 is 2.50 bits per heavy atom. The Kier molecular flexibility index (Phi) is 5.85. The number of rotatable bonds is 5. The van der Waals surface area contributed by atoms with E-state index in [0.29, 0.717) is 29.2 Å². The molecule has 0 aliphatic carbocycles. The molecule has 166 valence electrons. The average molecular weight is 466 g/mol. The van der Waals surface area contributed by atoms with Crippen molar-refractivity contribution in [3.8, 4) is 28.5 Å².